The average molecular weight is 332 g/mol. The molecule has 2 aromatic rings. The van der Waals surface area contributed by atoms with Gasteiger partial charge >= 0.3 is 0 Å². The molecule has 1 amide bonds. The number of carbonyl (C=O) groups is 1. The van der Waals surface area contributed by atoms with Gasteiger partial charge in [-0.15, -0.1) is 0 Å². The zero-order valence-corrected chi connectivity index (χ0v) is 13.6. The minimum absolute atomic E-state index is 0.147. The SMILES string of the molecule is Cn1cc(CNC(=O)[C@H](c2cccc(F)c2)N2CCOCC2)cn1. The number of nitrogens with one attached hydrogen (secondary N) is 1. The molecule has 2 heterocycles. The van der Waals surface area contributed by atoms with Gasteiger partial charge in [0.25, 0.3) is 0 Å². The normalized spacial score (nSPS) is 16.8. The first-order chi connectivity index (χ1) is 11.6. The highest BCUT2D eigenvalue weighted by Crippen LogP contribution is 2.23. The van der Waals surface area contributed by atoms with Crippen LogP contribution in [0.1, 0.15) is 17.2 Å². The summed E-state index contributed by atoms with van der Waals surface area (Å²) in [7, 11) is 1.83. The molecule has 0 aliphatic carbocycles. The molecule has 1 aromatic carbocycles. The Bertz CT molecular complexity index is 697. The maximum atomic E-state index is 13.6. The second kappa shape index (κ2) is 7.55. The van der Waals surface area contributed by atoms with Crippen LogP contribution in [0.4, 0.5) is 4.39 Å². The smallest absolute Gasteiger partial charge is 0.242 e. The number of aryl methyl sites for hydroxylation is 1. The number of carbonyl (C=O) groups excluding carboxylic acids is 1. The molecule has 0 saturated carbocycles. The van der Waals surface area contributed by atoms with Gasteiger partial charge in [0.1, 0.15) is 11.9 Å². The largest absolute Gasteiger partial charge is 0.379 e. The van der Waals surface area contributed by atoms with Gasteiger partial charge < -0.3 is 10.1 Å². The number of benzene rings is 1. The summed E-state index contributed by atoms with van der Waals surface area (Å²) in [5.74, 6) is -0.489. The summed E-state index contributed by atoms with van der Waals surface area (Å²) < 4.78 is 20.7. The topological polar surface area (TPSA) is 59.4 Å². The summed E-state index contributed by atoms with van der Waals surface area (Å²) in [6, 6.07) is 5.69. The van der Waals surface area contributed by atoms with Crippen molar-refractivity contribution in [2.75, 3.05) is 26.3 Å². The summed E-state index contributed by atoms with van der Waals surface area (Å²) in [6.07, 6.45) is 3.57. The molecular weight excluding hydrogens is 311 g/mol. The molecule has 0 spiro atoms. The lowest BCUT2D eigenvalue weighted by Crippen LogP contribution is -2.45. The highest BCUT2D eigenvalue weighted by molar-refractivity contribution is 5.83. The average Bonchev–Trinajstić information content (AvgIpc) is 3.00. The number of halogens is 1. The van der Waals surface area contributed by atoms with Crippen molar-refractivity contribution in [3.63, 3.8) is 0 Å². The third-order valence-corrected chi connectivity index (χ3v) is 4.05. The van der Waals surface area contributed by atoms with E-state index in [0.717, 1.165) is 5.56 Å². The van der Waals surface area contributed by atoms with Crippen LogP contribution in [0.5, 0.6) is 0 Å². The fourth-order valence-corrected chi connectivity index (χ4v) is 2.89. The van der Waals surface area contributed by atoms with E-state index in [-0.39, 0.29) is 11.7 Å². The van der Waals surface area contributed by atoms with Gasteiger partial charge in [-0.2, -0.15) is 5.10 Å². The number of ether oxygens (including phenoxy) is 1. The summed E-state index contributed by atoms with van der Waals surface area (Å²) in [5.41, 5.74) is 1.58. The van der Waals surface area contributed by atoms with Gasteiger partial charge in [-0.1, -0.05) is 12.1 Å². The maximum Gasteiger partial charge on any atom is 0.242 e. The third kappa shape index (κ3) is 3.98. The number of rotatable bonds is 5. The Morgan fingerprint density at radius 2 is 2.21 bits per heavy atom. The van der Waals surface area contributed by atoms with Gasteiger partial charge in [0, 0.05) is 38.4 Å². The molecule has 1 aliphatic rings. The van der Waals surface area contributed by atoms with Crippen molar-refractivity contribution in [3.8, 4) is 0 Å². The van der Waals surface area contributed by atoms with Crippen molar-refractivity contribution in [1.29, 1.82) is 0 Å². The molecule has 1 atom stereocenters. The Morgan fingerprint density at radius 3 is 2.88 bits per heavy atom. The molecule has 1 fully saturated rings. The Morgan fingerprint density at radius 1 is 1.42 bits per heavy atom. The lowest BCUT2D eigenvalue weighted by Gasteiger charge is -2.33. The number of morpholine rings is 1. The molecule has 24 heavy (non-hydrogen) atoms. The molecule has 1 aromatic heterocycles. The van der Waals surface area contributed by atoms with Crippen LogP contribution >= 0.6 is 0 Å². The number of amides is 1. The molecule has 6 nitrogen and oxygen atoms in total. The van der Waals surface area contributed by atoms with Crippen molar-refractivity contribution in [1.82, 2.24) is 20.0 Å². The van der Waals surface area contributed by atoms with Crippen molar-refractivity contribution in [3.05, 3.63) is 53.6 Å². The first-order valence-electron chi connectivity index (χ1n) is 7.96. The molecule has 128 valence electrons. The van der Waals surface area contributed by atoms with Crippen LogP contribution in [0.2, 0.25) is 0 Å². The predicted molar refractivity (Wildman–Crippen MR) is 86.6 cm³/mol. The fraction of sp³-hybridized carbons (Fsp3) is 0.412. The van der Waals surface area contributed by atoms with Crippen LogP contribution in [0, 0.1) is 5.82 Å². The van der Waals surface area contributed by atoms with Crippen LogP contribution in [0.3, 0.4) is 0 Å². The van der Waals surface area contributed by atoms with Gasteiger partial charge in [-0.3, -0.25) is 14.4 Å². The second-order valence-corrected chi connectivity index (χ2v) is 5.85. The first-order valence-corrected chi connectivity index (χ1v) is 7.96. The third-order valence-electron chi connectivity index (χ3n) is 4.05. The van der Waals surface area contributed by atoms with Crippen molar-refractivity contribution >= 4 is 5.91 Å². The number of aromatic nitrogens is 2. The first kappa shape index (κ1) is 16.6. The zero-order chi connectivity index (χ0) is 16.9. The molecule has 1 N–H and O–H groups in total. The van der Waals surface area contributed by atoms with E-state index in [0.29, 0.717) is 38.4 Å². The summed E-state index contributed by atoms with van der Waals surface area (Å²) >= 11 is 0. The van der Waals surface area contributed by atoms with E-state index in [1.165, 1.54) is 12.1 Å². The minimum atomic E-state index is -0.527. The van der Waals surface area contributed by atoms with Crippen molar-refractivity contribution < 1.29 is 13.9 Å². The second-order valence-electron chi connectivity index (χ2n) is 5.85. The standard InChI is InChI=1S/C17H21FN4O2/c1-21-12-13(11-20-21)10-19-17(23)16(22-5-7-24-8-6-22)14-3-2-4-15(18)9-14/h2-4,9,11-12,16H,5-8,10H2,1H3,(H,19,23)/t16-/m0/s1. The molecular formula is C17H21FN4O2. The lowest BCUT2D eigenvalue weighted by atomic mass is 10.0. The van der Waals surface area contributed by atoms with E-state index in [9.17, 15) is 9.18 Å². The number of nitrogens with zero attached hydrogens (tertiary/aromatic N) is 3. The van der Waals surface area contributed by atoms with E-state index >= 15 is 0 Å². The molecule has 0 radical (unpaired) electrons. The van der Waals surface area contributed by atoms with Gasteiger partial charge in [0.15, 0.2) is 0 Å². The van der Waals surface area contributed by atoms with Crippen LogP contribution < -0.4 is 5.32 Å². The van der Waals surface area contributed by atoms with Crippen LogP contribution in [-0.4, -0.2) is 46.9 Å². The number of hydrogen-bond donors (Lipinski definition) is 1. The van der Waals surface area contributed by atoms with Crippen LogP contribution in [0.15, 0.2) is 36.7 Å². The molecule has 1 aliphatic heterocycles. The highest BCUT2D eigenvalue weighted by Gasteiger charge is 2.29. The van der Waals surface area contributed by atoms with Gasteiger partial charge in [-0.05, 0) is 17.7 Å². The Labute approximate surface area is 140 Å². The Balaban J connectivity index is 1.76. The summed E-state index contributed by atoms with van der Waals surface area (Å²) in [4.78, 5) is 14.8. The zero-order valence-electron chi connectivity index (χ0n) is 13.6. The molecule has 1 saturated heterocycles. The van der Waals surface area contributed by atoms with Gasteiger partial charge in [-0.25, -0.2) is 4.39 Å². The maximum absolute atomic E-state index is 13.6. The molecule has 7 heteroatoms. The van der Waals surface area contributed by atoms with E-state index in [1.54, 1.807) is 23.0 Å². The van der Waals surface area contributed by atoms with Gasteiger partial charge in [0.05, 0.1) is 19.4 Å². The number of hydrogen-bond acceptors (Lipinski definition) is 4. The van der Waals surface area contributed by atoms with Crippen LogP contribution in [-0.2, 0) is 23.1 Å². The monoisotopic (exact) mass is 332 g/mol. The van der Waals surface area contributed by atoms with E-state index < -0.39 is 6.04 Å². The molecule has 3 rings (SSSR count). The van der Waals surface area contributed by atoms with Crippen molar-refractivity contribution in [2.45, 2.75) is 12.6 Å². The quantitative estimate of drug-likeness (QED) is 0.895. The summed E-state index contributed by atoms with van der Waals surface area (Å²) in [6.45, 7) is 2.81. The fourth-order valence-electron chi connectivity index (χ4n) is 2.89. The minimum Gasteiger partial charge on any atom is -0.379 e. The van der Waals surface area contributed by atoms with E-state index in [4.69, 9.17) is 4.74 Å². The predicted octanol–water partition coefficient (Wildman–Crippen LogP) is 1.25. The molecule has 0 unspecified atom stereocenters. The van der Waals surface area contributed by atoms with Gasteiger partial charge in [0.2, 0.25) is 5.91 Å². The lowest BCUT2D eigenvalue weighted by molar-refractivity contribution is -0.128. The summed E-state index contributed by atoms with van der Waals surface area (Å²) in [5, 5.41) is 7.02. The van der Waals surface area contributed by atoms with Crippen molar-refractivity contribution in [2.24, 2.45) is 7.05 Å². The Kier molecular flexibility index (Phi) is 5.22. The van der Waals surface area contributed by atoms with E-state index in [1.807, 2.05) is 18.1 Å². The highest BCUT2D eigenvalue weighted by atomic mass is 19.1. The van der Waals surface area contributed by atoms with E-state index in [2.05, 4.69) is 10.4 Å². The molecule has 0 bridgehead atoms. The Hall–Kier alpha value is -2.25. The van der Waals surface area contributed by atoms with Crippen LogP contribution in [0.25, 0.3) is 0 Å².